The molecule has 0 bridgehead atoms. The van der Waals surface area contributed by atoms with Gasteiger partial charge in [-0.2, -0.15) is 0 Å². The van der Waals surface area contributed by atoms with Crippen molar-refractivity contribution >= 4 is 0 Å². The lowest BCUT2D eigenvalue weighted by Crippen LogP contribution is -1.77. The molecule has 0 saturated carbocycles. The third-order valence-electron chi connectivity index (χ3n) is 0.648. The molecular formula is C7H8O. The molecule has 8 heavy (non-hydrogen) atoms. The Morgan fingerprint density at radius 1 is 1.50 bits per heavy atom. The highest BCUT2D eigenvalue weighted by molar-refractivity contribution is 5.12. The van der Waals surface area contributed by atoms with E-state index in [0.29, 0.717) is 0 Å². The van der Waals surface area contributed by atoms with Gasteiger partial charge < -0.3 is 5.11 Å². The molecule has 1 heteroatoms. The van der Waals surface area contributed by atoms with Crippen molar-refractivity contribution in [1.29, 1.82) is 0 Å². The lowest BCUT2D eigenvalue weighted by molar-refractivity contribution is 0.282. The normalized spacial score (nSPS) is 23.6. The second kappa shape index (κ2) is 2.48. The highest BCUT2D eigenvalue weighted by Gasteiger charge is 1.81. The van der Waals surface area contributed by atoms with Crippen LogP contribution in [0.5, 0.6) is 0 Å². The van der Waals surface area contributed by atoms with Crippen LogP contribution in [0.2, 0.25) is 0 Å². The summed E-state index contributed by atoms with van der Waals surface area (Å²) in [7, 11) is 0. The van der Waals surface area contributed by atoms with Crippen LogP contribution in [0.3, 0.4) is 0 Å². The highest BCUT2D eigenvalue weighted by Crippen LogP contribution is 1.95. The Bertz CT molecular complexity index is 346. The second-order valence-corrected chi connectivity index (χ2v) is 1.17. The minimum Gasteiger partial charge on any atom is -0.392 e. The monoisotopic (exact) mass is 114 g/mol. The molecule has 1 N–H and O–H groups in total. The number of aliphatic hydroxyl groups is 1. The minimum absolute atomic E-state index is 0.393. The van der Waals surface area contributed by atoms with Crippen molar-refractivity contribution in [3.63, 3.8) is 0 Å². The van der Waals surface area contributed by atoms with Crippen molar-refractivity contribution in [1.82, 2.24) is 0 Å². The van der Waals surface area contributed by atoms with Gasteiger partial charge in [0.25, 0.3) is 0 Å². The van der Waals surface area contributed by atoms with Crippen molar-refractivity contribution in [2.45, 2.75) is 6.58 Å². The van der Waals surface area contributed by atoms with E-state index in [9.17, 15) is 0 Å². The summed E-state index contributed by atoms with van der Waals surface area (Å²) in [5, 5.41) is 8.92. The van der Waals surface area contributed by atoms with Crippen molar-refractivity contribution < 1.29 is 13.3 Å². The molecule has 1 unspecified atom stereocenters. The van der Waals surface area contributed by atoms with Crippen molar-refractivity contribution in [3.8, 4) is 0 Å². The van der Waals surface area contributed by atoms with Crippen LogP contribution >= 0.6 is 0 Å². The molecule has 0 saturated heterocycles. The molecule has 0 aromatic heterocycles. The molecule has 0 fully saturated rings. The standard InChI is InChI=1S/C7H8O/c8-6-7-4-2-1-3-5-7/h1-5,8H,6H2/i1D,2D,3D,4D,5D,6D. The maximum Gasteiger partial charge on any atom is 0.0681 e. The molecule has 0 radical (unpaired) electrons. The predicted octanol–water partition coefficient (Wildman–Crippen LogP) is 1.18. The van der Waals surface area contributed by atoms with Gasteiger partial charge in [-0.15, -0.1) is 0 Å². The van der Waals surface area contributed by atoms with E-state index < -0.39 is 42.4 Å². The van der Waals surface area contributed by atoms with Gasteiger partial charge in [0.05, 0.1) is 14.8 Å². The third-order valence-corrected chi connectivity index (χ3v) is 0.648. The van der Waals surface area contributed by atoms with Crippen LogP contribution in [0, 0.1) is 0 Å². The first-order valence-corrected chi connectivity index (χ1v) is 2.05. The molecule has 1 aromatic carbocycles. The van der Waals surface area contributed by atoms with E-state index in [1.807, 2.05) is 0 Å². The summed E-state index contributed by atoms with van der Waals surface area (Å²) in [5.41, 5.74) is -0.393. The maximum absolute atomic E-state index is 8.92. The van der Waals surface area contributed by atoms with Gasteiger partial charge in [0.2, 0.25) is 0 Å². The van der Waals surface area contributed by atoms with Gasteiger partial charge in [0.1, 0.15) is 0 Å². The Morgan fingerprint density at radius 3 is 2.62 bits per heavy atom. The van der Waals surface area contributed by atoms with E-state index in [0.717, 1.165) is 0 Å². The van der Waals surface area contributed by atoms with Gasteiger partial charge in [-0.05, 0) is 5.56 Å². The third kappa shape index (κ3) is 1.07. The smallest absolute Gasteiger partial charge is 0.0681 e. The zero-order valence-electron chi connectivity index (χ0n) is 10.0. The van der Waals surface area contributed by atoms with Gasteiger partial charge in [-0.25, -0.2) is 0 Å². The molecule has 1 nitrogen and oxygen atoms in total. The molecule has 0 amide bonds. The Morgan fingerprint density at radius 2 is 2.12 bits per heavy atom. The summed E-state index contributed by atoms with van der Waals surface area (Å²) >= 11 is 0. The fraction of sp³-hybridized carbons (Fsp3) is 0.143. The molecule has 1 aromatic rings. The highest BCUT2D eigenvalue weighted by atomic mass is 16.3. The van der Waals surface area contributed by atoms with Gasteiger partial charge in [-0.3, -0.25) is 0 Å². The molecule has 1 atom stereocenters. The Labute approximate surface area is 57.0 Å². The van der Waals surface area contributed by atoms with E-state index in [2.05, 4.69) is 0 Å². The number of aliphatic hydroxyl groups excluding tert-OH is 1. The molecule has 0 aliphatic carbocycles. The van der Waals surface area contributed by atoms with E-state index in [1.54, 1.807) is 0 Å². The maximum atomic E-state index is 8.92. The Kier molecular flexibility index (Phi) is 0.489. The molecule has 0 spiro atoms. The summed E-state index contributed by atoms with van der Waals surface area (Å²) in [6.07, 6.45) is 0. The van der Waals surface area contributed by atoms with Crippen LogP contribution in [0.15, 0.2) is 30.2 Å². The van der Waals surface area contributed by atoms with E-state index in [1.165, 1.54) is 0 Å². The summed E-state index contributed by atoms with van der Waals surface area (Å²) in [5.74, 6) is 0. The summed E-state index contributed by atoms with van der Waals surface area (Å²) < 4.78 is 43.3. The van der Waals surface area contributed by atoms with E-state index in [4.69, 9.17) is 13.3 Å². The van der Waals surface area contributed by atoms with Gasteiger partial charge >= 0.3 is 0 Å². The molecule has 1 rings (SSSR count). The number of hydrogen-bond donors (Lipinski definition) is 1. The summed E-state index contributed by atoms with van der Waals surface area (Å²) in [4.78, 5) is 0. The van der Waals surface area contributed by atoms with Crippen molar-refractivity contribution in [2.24, 2.45) is 0 Å². The van der Waals surface area contributed by atoms with Crippen LogP contribution in [-0.2, 0) is 6.58 Å². The van der Waals surface area contributed by atoms with Gasteiger partial charge in [-0.1, -0.05) is 30.2 Å². The lowest BCUT2D eigenvalue weighted by Gasteiger charge is -1.89. The number of benzene rings is 1. The van der Waals surface area contributed by atoms with Crippen LogP contribution in [0.25, 0.3) is 0 Å². The molecule has 0 aliphatic heterocycles. The second-order valence-electron chi connectivity index (χ2n) is 1.17. The SMILES string of the molecule is [2H]c1c([2H])c([2H])c(C([2H])O)c([2H])c1[2H]. The minimum atomic E-state index is -1.82. The van der Waals surface area contributed by atoms with Crippen LogP contribution in [0.1, 0.15) is 13.8 Å². The van der Waals surface area contributed by atoms with E-state index >= 15 is 0 Å². The predicted molar refractivity (Wildman–Crippen MR) is 32.4 cm³/mol. The lowest BCUT2D eigenvalue weighted by atomic mass is 10.2. The van der Waals surface area contributed by atoms with Crippen LogP contribution in [-0.4, -0.2) is 5.11 Å². The average molecular weight is 114 g/mol. The molecule has 0 aliphatic rings. The zero-order valence-corrected chi connectivity index (χ0v) is 4.02. The fourth-order valence-corrected chi connectivity index (χ4v) is 0.324. The Hall–Kier alpha value is -0.820. The van der Waals surface area contributed by atoms with E-state index in [-0.39, 0.29) is 0 Å². The van der Waals surface area contributed by atoms with Crippen molar-refractivity contribution in [3.05, 3.63) is 35.8 Å². The van der Waals surface area contributed by atoms with Crippen molar-refractivity contribution in [2.75, 3.05) is 0 Å². The molecular weight excluding hydrogens is 100 g/mol. The first-order chi connectivity index (χ1) is 6.37. The topological polar surface area (TPSA) is 20.2 Å². The van der Waals surface area contributed by atoms with Gasteiger partial charge in [0.15, 0.2) is 0 Å². The first kappa shape index (κ1) is 1.58. The largest absolute Gasteiger partial charge is 0.392 e. The average Bonchev–Trinajstić information content (AvgIpc) is 2.11. The first-order valence-electron chi connectivity index (χ1n) is 5.12. The summed E-state index contributed by atoms with van der Waals surface area (Å²) in [6, 6.07) is -2.65. The Balaban J connectivity index is 3.60. The fourth-order valence-electron chi connectivity index (χ4n) is 0.324. The zero-order chi connectivity index (χ0) is 11.0. The van der Waals surface area contributed by atoms with Crippen LogP contribution in [0.4, 0.5) is 0 Å². The molecule has 42 valence electrons. The number of rotatable bonds is 1. The molecule has 0 heterocycles. The number of hydrogen-bond acceptors (Lipinski definition) is 1. The van der Waals surface area contributed by atoms with Crippen LogP contribution < -0.4 is 0 Å². The summed E-state index contributed by atoms with van der Waals surface area (Å²) in [6.45, 7) is -1.82. The van der Waals surface area contributed by atoms with Gasteiger partial charge in [0, 0.05) is 0 Å². The quantitative estimate of drug-likeness (QED) is 0.581.